The highest BCUT2D eigenvalue weighted by atomic mass is 32.2. The second-order valence-corrected chi connectivity index (χ2v) is 27.1. The van der Waals surface area contributed by atoms with Gasteiger partial charge in [0.1, 0.15) is 40.7 Å². The molecule has 0 aromatic carbocycles. The molecule has 0 radical (unpaired) electrons. The first kappa shape index (κ1) is 70.7. The van der Waals surface area contributed by atoms with Crippen LogP contribution in [0, 0.1) is 44.8 Å². The topological polar surface area (TPSA) is 247 Å². The molecule has 12 bridgehead atoms. The van der Waals surface area contributed by atoms with Crippen LogP contribution in [0.15, 0.2) is 0 Å². The third kappa shape index (κ3) is 14.7. The molecule has 18 nitrogen and oxygen atoms in total. The van der Waals surface area contributed by atoms with Crippen LogP contribution in [0.4, 0.5) is 0 Å². The van der Waals surface area contributed by atoms with Crippen molar-refractivity contribution < 1.29 is 79.9 Å². The summed E-state index contributed by atoms with van der Waals surface area (Å²) in [5.41, 5.74) is -5.33. The lowest BCUT2D eigenvalue weighted by molar-refractivity contribution is -0.208. The molecule has 6 saturated heterocycles. The Balaban J connectivity index is 0.000000560. The Kier molecular flexibility index (Phi) is 22.6. The van der Waals surface area contributed by atoms with Crippen LogP contribution in [0.2, 0.25) is 0 Å². The average Bonchev–Trinajstić information content (AvgIpc) is 3.58. The zero-order valence-corrected chi connectivity index (χ0v) is 44.2. The molecule has 1 N–H and O–H groups in total. The van der Waals surface area contributed by atoms with Crippen molar-refractivity contribution in [3.8, 4) is 0 Å². The van der Waals surface area contributed by atoms with Gasteiger partial charge >= 0.3 is 35.8 Å². The normalized spacial score (nSPS) is 35.3. The number of hydrogen-bond acceptors (Lipinski definition) is 17. The van der Waals surface area contributed by atoms with Crippen molar-refractivity contribution in [2.75, 3.05) is 5.75 Å². The molecular formula is C58H101NO17S. The smallest absolute Gasteiger partial charge is 0.312 e. The Hall–Kier alpha value is -4.29. The number of carbonyl (C=O) groups is 8. The van der Waals surface area contributed by atoms with E-state index in [0.29, 0.717) is 96.4 Å². The largest absolute Gasteiger partial charge is 0.462 e. The van der Waals surface area contributed by atoms with Gasteiger partial charge in [0.25, 0.3) is 6.47 Å². The van der Waals surface area contributed by atoms with Crippen LogP contribution in [0.1, 0.15) is 229 Å². The van der Waals surface area contributed by atoms with Crippen LogP contribution in [0.5, 0.6) is 0 Å². The first-order chi connectivity index (χ1) is 32.8. The maximum absolute atomic E-state index is 12.7. The standard InChI is InChI=1S/C18H27NO7S.C17H24O6.C17H26O4.6CH4/c1-4-16(2,3)15(22)26-18-6-12-5-17(9-18,10-27(23,24)19-11-20)7-13(8-18)25-14(12)21;1-4-15(2,3)14(20)23-17-6-11-5-16(9-17,21-10-18)7-12(8-17)22-13(11)19;1-5-15(2,3)14(19)21-17-7-11-6-16(4,10-17)8-12(9-17)20-13(11)18;;;;;;/h11-13H,4-10H2,1-3H3,(H,19,20);10-12H,4-9H2,1-3H3;11-12H,5-10H2,1-4H3;6*1H4. The number of hydrogen-bond donors (Lipinski definition) is 1. The Bertz CT molecular complexity index is 2280. The molecule has 12 atom stereocenters. The highest BCUT2D eigenvalue weighted by Gasteiger charge is 2.65. The molecule has 6 saturated carbocycles. The molecule has 19 heteroatoms. The maximum atomic E-state index is 12.7. The summed E-state index contributed by atoms with van der Waals surface area (Å²) >= 11 is 0. The first-order valence-corrected chi connectivity index (χ1v) is 27.4. The Morgan fingerprint density at radius 2 is 0.883 bits per heavy atom. The molecule has 12 rings (SSSR count). The van der Waals surface area contributed by atoms with E-state index in [1.807, 2.05) is 53.2 Å². The SMILES string of the molecule is C.C.C.C.C.C.CCC(C)(C)C(=O)OC12CC3CC(C)(CC(C1)C(=O)O3)C2.CCC(C)(C)C(=O)OC12CC3CC(CS(=O)(=O)NC=O)(CC(C1)C(=O)O3)C2.CCC(C)(C)C(=O)OC12CC3CC(OC=O)(CC(C1)C(=O)O3)C2. The third-order valence-corrected chi connectivity index (χ3v) is 19.3. The quantitative estimate of drug-likeness (QED) is 0.0909. The molecule has 0 aromatic rings. The van der Waals surface area contributed by atoms with Gasteiger partial charge in [-0.3, -0.25) is 43.1 Å². The minimum Gasteiger partial charge on any atom is -0.462 e. The zero-order valence-electron chi connectivity index (χ0n) is 43.4. The predicted molar refractivity (Wildman–Crippen MR) is 292 cm³/mol. The van der Waals surface area contributed by atoms with Gasteiger partial charge in [-0.25, -0.2) is 8.42 Å². The van der Waals surface area contributed by atoms with Gasteiger partial charge < -0.3 is 33.2 Å². The number of amides is 1. The van der Waals surface area contributed by atoms with E-state index in [9.17, 15) is 46.8 Å². The third-order valence-electron chi connectivity index (χ3n) is 17.9. The summed E-state index contributed by atoms with van der Waals surface area (Å²) < 4.78 is 66.4. The summed E-state index contributed by atoms with van der Waals surface area (Å²) in [6.45, 7) is 19.6. The lowest BCUT2D eigenvalue weighted by Crippen LogP contribution is -2.58. The number of ether oxygens (including phenoxy) is 7. The number of esters is 6. The van der Waals surface area contributed by atoms with Crippen molar-refractivity contribution >= 4 is 58.7 Å². The number of sulfonamides is 1. The maximum Gasteiger partial charge on any atom is 0.312 e. The van der Waals surface area contributed by atoms with Crippen molar-refractivity contribution in [2.24, 2.45) is 44.8 Å². The van der Waals surface area contributed by atoms with E-state index in [0.717, 1.165) is 25.7 Å². The van der Waals surface area contributed by atoms with Gasteiger partial charge in [-0.15, -0.1) is 0 Å². The number of nitrogens with one attached hydrogen (secondary N) is 1. The Morgan fingerprint density at radius 1 is 0.532 bits per heavy atom. The van der Waals surface area contributed by atoms with Gasteiger partial charge in [-0.05, 0) is 110 Å². The minimum absolute atomic E-state index is 0. The van der Waals surface area contributed by atoms with Gasteiger partial charge in [-0.1, -0.05) is 72.3 Å². The van der Waals surface area contributed by atoms with Gasteiger partial charge in [0.15, 0.2) is 0 Å². The lowest BCUT2D eigenvalue weighted by atomic mass is 9.57. The Labute approximate surface area is 462 Å². The lowest BCUT2D eigenvalue weighted by Gasteiger charge is -2.52. The minimum atomic E-state index is -3.84. The number of fused-ring (bicyclic) bond motifs is 3. The summed E-state index contributed by atoms with van der Waals surface area (Å²) in [6.07, 6.45) is 9.42. The zero-order chi connectivity index (χ0) is 52.4. The molecule has 0 aromatic heterocycles. The van der Waals surface area contributed by atoms with Gasteiger partial charge in [0, 0.05) is 57.8 Å². The van der Waals surface area contributed by atoms with Crippen LogP contribution >= 0.6 is 0 Å². The summed E-state index contributed by atoms with van der Waals surface area (Å²) in [7, 11) is -3.84. The first-order valence-electron chi connectivity index (χ1n) is 25.7. The second kappa shape index (κ2) is 24.6. The second-order valence-electron chi connectivity index (χ2n) is 25.4. The van der Waals surface area contributed by atoms with Crippen molar-refractivity contribution in [3.05, 3.63) is 0 Å². The van der Waals surface area contributed by atoms with Gasteiger partial charge in [0.05, 0.1) is 39.8 Å². The summed E-state index contributed by atoms with van der Waals surface area (Å²) in [4.78, 5) is 96.1. The van der Waals surface area contributed by atoms with Crippen molar-refractivity contribution in [2.45, 2.75) is 270 Å². The predicted octanol–water partition coefficient (Wildman–Crippen LogP) is 10.5. The summed E-state index contributed by atoms with van der Waals surface area (Å²) in [6, 6.07) is 0. The van der Waals surface area contributed by atoms with Crippen molar-refractivity contribution in [3.63, 3.8) is 0 Å². The molecule has 6 heterocycles. The molecule has 0 spiro atoms. The molecule has 446 valence electrons. The Morgan fingerprint density at radius 3 is 1.30 bits per heavy atom. The molecule has 12 unspecified atom stereocenters. The fraction of sp³-hybridized carbons (Fsp3) is 0.862. The highest BCUT2D eigenvalue weighted by Crippen LogP contribution is 2.60. The molecule has 6 aliphatic carbocycles. The van der Waals surface area contributed by atoms with Crippen LogP contribution in [-0.2, 0) is 81.5 Å². The molecule has 77 heavy (non-hydrogen) atoms. The van der Waals surface area contributed by atoms with Crippen LogP contribution in [-0.4, -0.2) is 104 Å². The van der Waals surface area contributed by atoms with E-state index in [1.54, 1.807) is 13.8 Å². The van der Waals surface area contributed by atoms with E-state index in [1.165, 1.54) is 0 Å². The van der Waals surface area contributed by atoms with Gasteiger partial charge in [0.2, 0.25) is 16.4 Å². The fourth-order valence-electron chi connectivity index (χ4n) is 13.7. The molecule has 12 aliphatic rings. The summed E-state index contributed by atoms with van der Waals surface area (Å²) in [5, 5.41) is 0. The molecular weight excluding hydrogens is 1010 g/mol. The van der Waals surface area contributed by atoms with E-state index < -0.39 is 66.1 Å². The highest BCUT2D eigenvalue weighted by molar-refractivity contribution is 7.90. The van der Waals surface area contributed by atoms with Gasteiger partial charge in [-0.2, -0.15) is 0 Å². The summed E-state index contributed by atoms with van der Waals surface area (Å²) in [5.74, 6) is -2.73. The molecule has 1 amide bonds. The fourth-order valence-corrected chi connectivity index (χ4v) is 15.1. The van der Waals surface area contributed by atoms with E-state index >= 15 is 0 Å². The average molecular weight is 1120 g/mol. The molecule has 12 fully saturated rings. The van der Waals surface area contributed by atoms with Crippen LogP contribution in [0.3, 0.4) is 0 Å². The van der Waals surface area contributed by atoms with Crippen LogP contribution < -0.4 is 4.72 Å². The number of carbonyl (C=O) groups excluding carboxylic acids is 8. The van der Waals surface area contributed by atoms with E-state index in [4.69, 9.17) is 33.2 Å². The monoisotopic (exact) mass is 1120 g/mol. The van der Waals surface area contributed by atoms with Crippen molar-refractivity contribution in [1.29, 1.82) is 0 Å². The van der Waals surface area contributed by atoms with Crippen molar-refractivity contribution in [1.82, 2.24) is 4.72 Å². The van der Waals surface area contributed by atoms with Crippen LogP contribution in [0.25, 0.3) is 0 Å². The number of rotatable bonds is 15. The van der Waals surface area contributed by atoms with E-state index in [2.05, 4.69) is 6.92 Å². The molecule has 6 aliphatic heterocycles. The van der Waals surface area contributed by atoms with E-state index in [-0.39, 0.29) is 122 Å².